The van der Waals surface area contributed by atoms with Crippen LogP contribution in [0.4, 0.5) is 5.69 Å². The quantitative estimate of drug-likeness (QED) is 0.590. The number of rotatable bonds is 2. The van der Waals surface area contributed by atoms with E-state index in [0.717, 1.165) is 48.8 Å². The van der Waals surface area contributed by atoms with Gasteiger partial charge in [-0.25, -0.2) is 9.97 Å². The summed E-state index contributed by atoms with van der Waals surface area (Å²) in [4.78, 5) is 24.2. The molecule has 0 bridgehead atoms. The maximum absolute atomic E-state index is 12.7. The van der Waals surface area contributed by atoms with Crippen LogP contribution in [0.3, 0.4) is 0 Å². The number of aryl methyl sites for hydroxylation is 1. The smallest absolute Gasteiger partial charge is 0.258 e. The summed E-state index contributed by atoms with van der Waals surface area (Å²) < 4.78 is 3.59. The van der Waals surface area contributed by atoms with E-state index in [2.05, 4.69) is 15.2 Å². The molecular formula is C20H20N6O. The van der Waals surface area contributed by atoms with Crippen LogP contribution in [-0.2, 0) is 0 Å². The predicted molar refractivity (Wildman–Crippen MR) is 105 cm³/mol. The zero-order valence-corrected chi connectivity index (χ0v) is 15.1. The van der Waals surface area contributed by atoms with Crippen LogP contribution in [0.1, 0.15) is 5.69 Å². The first-order valence-electron chi connectivity index (χ1n) is 9.12. The van der Waals surface area contributed by atoms with Gasteiger partial charge in [-0.1, -0.05) is 0 Å². The number of hydrogen-bond donors (Lipinski definition) is 1. The van der Waals surface area contributed by atoms with Gasteiger partial charge in [0.2, 0.25) is 0 Å². The second-order valence-corrected chi connectivity index (χ2v) is 6.90. The molecule has 1 aliphatic rings. The molecule has 0 spiro atoms. The first-order chi connectivity index (χ1) is 13.2. The van der Waals surface area contributed by atoms with Crippen molar-refractivity contribution >= 4 is 17.0 Å². The second-order valence-electron chi connectivity index (χ2n) is 6.90. The Labute approximate surface area is 155 Å². The Kier molecular flexibility index (Phi) is 3.68. The van der Waals surface area contributed by atoms with Crippen molar-refractivity contribution in [3.8, 4) is 11.3 Å². The fraction of sp³-hybridized carbons (Fsp3) is 0.250. The molecule has 1 N–H and O–H groups in total. The van der Waals surface area contributed by atoms with Crippen LogP contribution in [0.25, 0.3) is 22.6 Å². The summed E-state index contributed by atoms with van der Waals surface area (Å²) >= 11 is 0. The van der Waals surface area contributed by atoms with Gasteiger partial charge < -0.3 is 14.6 Å². The third-order valence-electron chi connectivity index (χ3n) is 5.00. The van der Waals surface area contributed by atoms with Gasteiger partial charge in [0.05, 0.1) is 17.1 Å². The van der Waals surface area contributed by atoms with Crippen LogP contribution in [-0.4, -0.2) is 44.9 Å². The van der Waals surface area contributed by atoms with E-state index in [0.29, 0.717) is 11.3 Å². The SMILES string of the molecule is Cc1cn2ccc(-c3cc(=O)n4cc(N5CCNCC5)ccc4n3)cc2n1. The summed E-state index contributed by atoms with van der Waals surface area (Å²) in [6, 6.07) is 9.47. The number of aromatic nitrogens is 4. The molecule has 4 aromatic rings. The van der Waals surface area contributed by atoms with Crippen LogP contribution < -0.4 is 15.8 Å². The van der Waals surface area contributed by atoms with Gasteiger partial charge in [-0.15, -0.1) is 0 Å². The zero-order valence-electron chi connectivity index (χ0n) is 15.1. The first kappa shape index (κ1) is 16.0. The van der Waals surface area contributed by atoms with Crippen LogP contribution in [0.15, 0.2) is 53.7 Å². The van der Waals surface area contributed by atoms with Crippen molar-refractivity contribution in [2.24, 2.45) is 0 Å². The predicted octanol–water partition coefficient (Wildman–Crippen LogP) is 1.73. The van der Waals surface area contributed by atoms with Crippen LogP contribution >= 0.6 is 0 Å². The Morgan fingerprint density at radius 3 is 2.70 bits per heavy atom. The van der Waals surface area contributed by atoms with Crippen molar-refractivity contribution in [2.75, 3.05) is 31.1 Å². The molecule has 136 valence electrons. The number of hydrogen-bond acceptors (Lipinski definition) is 5. The number of pyridine rings is 2. The van der Waals surface area contributed by atoms with Gasteiger partial charge in [0.1, 0.15) is 11.3 Å². The van der Waals surface area contributed by atoms with Gasteiger partial charge in [-0.3, -0.25) is 9.20 Å². The van der Waals surface area contributed by atoms with Crippen molar-refractivity contribution < 1.29 is 0 Å². The Morgan fingerprint density at radius 2 is 1.85 bits per heavy atom. The molecule has 5 heterocycles. The summed E-state index contributed by atoms with van der Waals surface area (Å²) in [5.41, 5.74) is 4.98. The van der Waals surface area contributed by atoms with E-state index in [-0.39, 0.29) is 5.56 Å². The van der Waals surface area contributed by atoms with Gasteiger partial charge in [-0.2, -0.15) is 0 Å². The van der Waals surface area contributed by atoms with Crippen LogP contribution in [0.2, 0.25) is 0 Å². The van der Waals surface area contributed by atoms with Crippen LogP contribution in [0, 0.1) is 6.92 Å². The van der Waals surface area contributed by atoms with E-state index in [4.69, 9.17) is 4.98 Å². The fourth-order valence-corrected chi connectivity index (χ4v) is 3.62. The minimum Gasteiger partial charge on any atom is -0.368 e. The molecule has 27 heavy (non-hydrogen) atoms. The summed E-state index contributed by atoms with van der Waals surface area (Å²) in [7, 11) is 0. The molecule has 0 atom stereocenters. The molecule has 1 aliphatic heterocycles. The molecule has 0 saturated carbocycles. The van der Waals surface area contributed by atoms with E-state index < -0.39 is 0 Å². The minimum absolute atomic E-state index is 0.0774. The largest absolute Gasteiger partial charge is 0.368 e. The van der Waals surface area contributed by atoms with Gasteiger partial charge in [0.25, 0.3) is 5.56 Å². The molecule has 5 rings (SSSR count). The molecule has 0 unspecified atom stereocenters. The lowest BCUT2D eigenvalue weighted by molar-refractivity contribution is 0.588. The number of nitrogens with one attached hydrogen (secondary N) is 1. The lowest BCUT2D eigenvalue weighted by atomic mass is 10.2. The number of nitrogens with zero attached hydrogens (tertiary/aromatic N) is 5. The normalized spacial score (nSPS) is 14.9. The summed E-state index contributed by atoms with van der Waals surface area (Å²) in [5.74, 6) is 0. The number of anilines is 1. The minimum atomic E-state index is -0.0774. The monoisotopic (exact) mass is 360 g/mol. The third-order valence-corrected chi connectivity index (χ3v) is 5.00. The van der Waals surface area contributed by atoms with Gasteiger partial charge >= 0.3 is 0 Å². The molecule has 7 nitrogen and oxygen atoms in total. The first-order valence-corrected chi connectivity index (χ1v) is 9.12. The lowest BCUT2D eigenvalue weighted by Gasteiger charge is -2.29. The Morgan fingerprint density at radius 1 is 1.00 bits per heavy atom. The molecule has 7 heteroatoms. The third kappa shape index (κ3) is 2.86. The number of fused-ring (bicyclic) bond motifs is 2. The van der Waals surface area contributed by atoms with Crippen molar-refractivity contribution in [3.63, 3.8) is 0 Å². The summed E-state index contributed by atoms with van der Waals surface area (Å²) in [5, 5.41) is 3.34. The van der Waals surface area contributed by atoms with Gasteiger partial charge in [0.15, 0.2) is 0 Å². The molecule has 0 amide bonds. The maximum atomic E-state index is 12.7. The topological polar surface area (TPSA) is 66.9 Å². The Bertz CT molecular complexity index is 1200. The number of imidazole rings is 1. The average molecular weight is 360 g/mol. The van der Waals surface area contributed by atoms with Crippen molar-refractivity contribution in [1.29, 1.82) is 0 Å². The summed E-state index contributed by atoms with van der Waals surface area (Å²) in [6.07, 6.45) is 5.81. The Hall–Kier alpha value is -3.19. The zero-order chi connectivity index (χ0) is 18.4. The van der Waals surface area contributed by atoms with Crippen molar-refractivity contribution in [3.05, 3.63) is 65.0 Å². The average Bonchev–Trinajstić information content (AvgIpc) is 3.07. The summed E-state index contributed by atoms with van der Waals surface area (Å²) in [6.45, 7) is 5.76. The van der Waals surface area contributed by atoms with E-state index in [1.807, 2.05) is 54.2 Å². The van der Waals surface area contributed by atoms with Crippen molar-refractivity contribution in [2.45, 2.75) is 6.92 Å². The molecule has 0 aliphatic carbocycles. The molecular weight excluding hydrogens is 340 g/mol. The van der Waals surface area contributed by atoms with Gasteiger partial charge in [0, 0.05) is 56.4 Å². The highest BCUT2D eigenvalue weighted by atomic mass is 16.1. The van der Waals surface area contributed by atoms with E-state index >= 15 is 0 Å². The maximum Gasteiger partial charge on any atom is 0.258 e. The highest BCUT2D eigenvalue weighted by Gasteiger charge is 2.12. The van der Waals surface area contributed by atoms with Gasteiger partial charge in [-0.05, 0) is 31.2 Å². The Balaban J connectivity index is 1.58. The molecule has 1 saturated heterocycles. The van der Waals surface area contributed by atoms with Crippen molar-refractivity contribution in [1.82, 2.24) is 24.1 Å². The molecule has 0 radical (unpaired) electrons. The highest BCUT2D eigenvalue weighted by molar-refractivity contribution is 5.66. The molecule has 0 aromatic carbocycles. The van der Waals surface area contributed by atoms with E-state index in [1.165, 1.54) is 0 Å². The van der Waals surface area contributed by atoms with E-state index in [1.54, 1.807) is 10.5 Å². The van der Waals surface area contributed by atoms with Crippen LogP contribution in [0.5, 0.6) is 0 Å². The van der Waals surface area contributed by atoms with E-state index in [9.17, 15) is 4.79 Å². The fourth-order valence-electron chi connectivity index (χ4n) is 3.62. The lowest BCUT2D eigenvalue weighted by Crippen LogP contribution is -2.43. The molecule has 1 fully saturated rings. The molecule has 4 aromatic heterocycles. The second kappa shape index (κ2) is 6.21. The highest BCUT2D eigenvalue weighted by Crippen LogP contribution is 2.20. The standard InChI is InChI=1S/C20H20N6O/c1-14-12-25-7-4-15(10-19(25)22-14)17-11-20(27)26-13-16(2-3-18(26)23-17)24-8-5-21-6-9-24/h2-4,7,10-13,21H,5-6,8-9H2,1H3. The number of piperazine rings is 1.